The van der Waals surface area contributed by atoms with Gasteiger partial charge in [-0.25, -0.2) is 0 Å². The molecule has 0 rings (SSSR count). The molecule has 0 aliphatic rings. The van der Waals surface area contributed by atoms with Crippen molar-refractivity contribution in [2.75, 3.05) is 13.2 Å². The number of unbranched alkanes of at least 4 members (excludes halogenated alkanes) is 44. The van der Waals surface area contributed by atoms with Crippen LogP contribution in [0.1, 0.15) is 374 Å². The van der Waals surface area contributed by atoms with E-state index in [-0.39, 0.29) is 31.1 Å². The van der Waals surface area contributed by atoms with Crippen LogP contribution < -0.4 is 0 Å². The molecule has 0 spiro atoms. The van der Waals surface area contributed by atoms with Crippen LogP contribution in [-0.4, -0.2) is 37.2 Å². The van der Waals surface area contributed by atoms with Crippen molar-refractivity contribution in [2.24, 2.45) is 0 Å². The van der Waals surface area contributed by atoms with Crippen LogP contribution in [0.5, 0.6) is 0 Å². The number of allylic oxidation sites excluding steroid dienone is 10. The van der Waals surface area contributed by atoms with E-state index in [1.54, 1.807) is 0 Å². The van der Waals surface area contributed by atoms with Crippen molar-refractivity contribution < 1.29 is 28.6 Å². The molecule has 466 valence electrons. The fraction of sp³-hybridized carbons (Fsp3) is 0.824. The van der Waals surface area contributed by atoms with Gasteiger partial charge in [0, 0.05) is 19.3 Å². The highest BCUT2D eigenvalue weighted by Gasteiger charge is 2.19. The van der Waals surface area contributed by atoms with Crippen LogP contribution >= 0.6 is 0 Å². The molecule has 0 N–H and O–H groups in total. The van der Waals surface area contributed by atoms with Crippen molar-refractivity contribution in [3.05, 3.63) is 60.8 Å². The molecule has 1 unspecified atom stereocenters. The summed E-state index contributed by atoms with van der Waals surface area (Å²) in [6, 6.07) is 0. The van der Waals surface area contributed by atoms with Crippen LogP contribution in [0.2, 0.25) is 0 Å². The van der Waals surface area contributed by atoms with Gasteiger partial charge in [0.2, 0.25) is 0 Å². The van der Waals surface area contributed by atoms with Gasteiger partial charge in [0.05, 0.1) is 0 Å². The van der Waals surface area contributed by atoms with E-state index in [4.69, 9.17) is 14.2 Å². The van der Waals surface area contributed by atoms with E-state index in [0.29, 0.717) is 19.3 Å². The Labute approximate surface area is 498 Å². The molecule has 0 fully saturated rings. The fourth-order valence-electron chi connectivity index (χ4n) is 10.5. The van der Waals surface area contributed by atoms with Crippen LogP contribution in [0.3, 0.4) is 0 Å². The van der Waals surface area contributed by atoms with Crippen molar-refractivity contribution in [3.8, 4) is 0 Å². The highest BCUT2D eigenvalue weighted by atomic mass is 16.6. The Balaban J connectivity index is 4.21. The quantitative estimate of drug-likeness (QED) is 0.0261. The van der Waals surface area contributed by atoms with Crippen molar-refractivity contribution in [2.45, 2.75) is 380 Å². The van der Waals surface area contributed by atoms with Crippen LogP contribution in [0.4, 0.5) is 0 Å². The summed E-state index contributed by atoms with van der Waals surface area (Å²) >= 11 is 0. The number of esters is 3. The summed E-state index contributed by atoms with van der Waals surface area (Å²) < 4.78 is 17.0. The Morgan fingerprint density at radius 1 is 0.263 bits per heavy atom. The first-order chi connectivity index (χ1) is 39.5. The average Bonchev–Trinajstić information content (AvgIpc) is 3.46. The van der Waals surface area contributed by atoms with Gasteiger partial charge in [0.15, 0.2) is 6.10 Å². The van der Waals surface area contributed by atoms with E-state index in [1.807, 2.05) is 0 Å². The lowest BCUT2D eigenvalue weighted by molar-refractivity contribution is -0.167. The zero-order chi connectivity index (χ0) is 57.8. The van der Waals surface area contributed by atoms with E-state index < -0.39 is 6.10 Å². The number of carbonyl (C=O) groups is 3. The first-order valence-electron chi connectivity index (χ1n) is 35.3. The second kappa shape index (κ2) is 68.6. The van der Waals surface area contributed by atoms with Crippen molar-refractivity contribution in [1.29, 1.82) is 0 Å². The van der Waals surface area contributed by atoms with Crippen molar-refractivity contribution >= 4 is 17.9 Å². The molecule has 0 aromatic rings. The number of carbonyl (C=O) groups excluding carboxylic acids is 3. The highest BCUT2D eigenvalue weighted by Crippen LogP contribution is 2.18. The molecule has 1 atom stereocenters. The van der Waals surface area contributed by atoms with Gasteiger partial charge in [0.1, 0.15) is 13.2 Å². The van der Waals surface area contributed by atoms with E-state index in [9.17, 15) is 14.4 Å². The summed E-state index contributed by atoms with van der Waals surface area (Å²) in [6.45, 7) is 6.55. The Morgan fingerprint density at radius 3 is 0.775 bits per heavy atom. The van der Waals surface area contributed by atoms with Crippen molar-refractivity contribution in [1.82, 2.24) is 0 Å². The summed E-state index contributed by atoms with van der Waals surface area (Å²) in [7, 11) is 0. The zero-order valence-electron chi connectivity index (χ0n) is 53.6. The van der Waals surface area contributed by atoms with Gasteiger partial charge in [0.25, 0.3) is 0 Å². The first-order valence-corrected chi connectivity index (χ1v) is 35.3. The van der Waals surface area contributed by atoms with Crippen LogP contribution in [0, 0.1) is 0 Å². The molecule has 6 heteroatoms. The van der Waals surface area contributed by atoms with Gasteiger partial charge in [-0.3, -0.25) is 14.4 Å². The van der Waals surface area contributed by atoms with Gasteiger partial charge in [-0.05, 0) is 83.5 Å². The molecule has 0 saturated carbocycles. The molecule has 6 nitrogen and oxygen atoms in total. The van der Waals surface area contributed by atoms with E-state index in [0.717, 1.165) is 89.9 Å². The second-order valence-electron chi connectivity index (χ2n) is 23.8. The first kappa shape index (κ1) is 77.1. The van der Waals surface area contributed by atoms with E-state index in [1.165, 1.54) is 244 Å². The van der Waals surface area contributed by atoms with Gasteiger partial charge in [-0.1, -0.05) is 332 Å². The molecule has 0 radical (unpaired) electrons. The number of rotatable bonds is 65. The average molecular weight is 1120 g/mol. The molecular weight excluding hydrogens is 985 g/mol. The molecule has 0 amide bonds. The minimum Gasteiger partial charge on any atom is -0.462 e. The van der Waals surface area contributed by atoms with Gasteiger partial charge in [-0.15, -0.1) is 0 Å². The Kier molecular flexibility index (Phi) is 66.1. The standard InChI is InChI=1S/C74H134O6/c1-4-7-10-13-16-19-22-25-27-29-31-33-34-35-36-37-38-39-40-41-43-44-46-49-52-55-58-61-64-67-73(76)79-70-71(69-78-72(75)66-63-60-57-54-51-48-24-21-18-15-12-9-6-3)80-74(77)68-65-62-59-56-53-50-47-45-42-32-30-28-26-23-20-17-14-11-8-5-2/h9,12,18,21-22,25,29,31,48,51,71H,4-8,10-11,13-17,19-20,23-24,26-28,30,32-47,49-50,52-70H2,1-3H3/b12-9-,21-18-,25-22-,31-29-,51-48-. The third-order valence-corrected chi connectivity index (χ3v) is 15.8. The molecule has 0 aliphatic carbocycles. The molecule has 0 aromatic heterocycles. The van der Waals surface area contributed by atoms with Gasteiger partial charge in [-0.2, -0.15) is 0 Å². The highest BCUT2D eigenvalue weighted by molar-refractivity contribution is 5.71. The monoisotopic (exact) mass is 1120 g/mol. The summed E-state index contributed by atoms with van der Waals surface area (Å²) in [5.41, 5.74) is 0. The van der Waals surface area contributed by atoms with Crippen LogP contribution in [0.15, 0.2) is 60.8 Å². The summed E-state index contributed by atoms with van der Waals surface area (Å²) in [5.74, 6) is -0.885. The Bertz CT molecular complexity index is 1430. The fourth-order valence-corrected chi connectivity index (χ4v) is 10.5. The van der Waals surface area contributed by atoms with E-state index in [2.05, 4.69) is 81.5 Å². The number of hydrogen-bond donors (Lipinski definition) is 0. The third kappa shape index (κ3) is 65.9. The minimum atomic E-state index is -0.785. The minimum absolute atomic E-state index is 0.0790. The number of ether oxygens (including phenoxy) is 3. The number of hydrogen-bond acceptors (Lipinski definition) is 6. The third-order valence-electron chi connectivity index (χ3n) is 15.8. The molecule has 0 saturated heterocycles. The second-order valence-corrected chi connectivity index (χ2v) is 23.8. The van der Waals surface area contributed by atoms with Gasteiger partial charge < -0.3 is 14.2 Å². The molecular formula is C74H134O6. The molecule has 0 aliphatic heterocycles. The van der Waals surface area contributed by atoms with Crippen molar-refractivity contribution in [3.63, 3.8) is 0 Å². The topological polar surface area (TPSA) is 78.9 Å². The molecule has 0 heterocycles. The summed E-state index contributed by atoms with van der Waals surface area (Å²) in [5, 5.41) is 0. The zero-order valence-corrected chi connectivity index (χ0v) is 53.6. The smallest absolute Gasteiger partial charge is 0.306 e. The van der Waals surface area contributed by atoms with Crippen LogP contribution in [0.25, 0.3) is 0 Å². The predicted octanol–water partition coefficient (Wildman–Crippen LogP) is 24.3. The predicted molar refractivity (Wildman–Crippen MR) is 348 cm³/mol. The maximum atomic E-state index is 12.9. The lowest BCUT2D eigenvalue weighted by Gasteiger charge is -2.18. The van der Waals surface area contributed by atoms with E-state index >= 15 is 0 Å². The molecule has 80 heavy (non-hydrogen) atoms. The summed E-state index contributed by atoms with van der Waals surface area (Å²) in [4.78, 5) is 38.4. The summed E-state index contributed by atoms with van der Waals surface area (Å²) in [6.07, 6.45) is 88.3. The maximum absolute atomic E-state index is 12.9. The SMILES string of the molecule is CC/C=C\C/C=C\C/C=C\CCCCCC(=O)OCC(COC(=O)CCCCCCCCCCCCCCCCCCC/C=C\C/C=C\CCCCCCC)OC(=O)CCCCCCCCCCCCCCCCCCCCCC. The van der Waals surface area contributed by atoms with Crippen LogP contribution in [-0.2, 0) is 28.6 Å². The molecule has 0 aromatic carbocycles. The Morgan fingerprint density at radius 2 is 0.487 bits per heavy atom. The molecule has 0 bridgehead atoms. The van der Waals surface area contributed by atoms with Gasteiger partial charge >= 0.3 is 17.9 Å². The normalized spacial score (nSPS) is 12.4. The Hall–Kier alpha value is -2.89. The lowest BCUT2D eigenvalue weighted by atomic mass is 10.0. The maximum Gasteiger partial charge on any atom is 0.306 e. The lowest BCUT2D eigenvalue weighted by Crippen LogP contribution is -2.30. The largest absolute Gasteiger partial charge is 0.462 e.